The van der Waals surface area contributed by atoms with Gasteiger partial charge in [-0.3, -0.25) is 9.78 Å². The van der Waals surface area contributed by atoms with E-state index in [4.69, 9.17) is 14.2 Å². The molecule has 1 unspecified atom stereocenters. The molecule has 1 aliphatic heterocycles. The number of carbonyl (C=O) groups is 1. The molecule has 4 rings (SSSR count). The Morgan fingerprint density at radius 1 is 1.15 bits per heavy atom. The maximum atomic E-state index is 12.3. The molecule has 138 valence electrons. The van der Waals surface area contributed by atoms with Gasteiger partial charge < -0.3 is 19.1 Å². The molecule has 1 atom stereocenters. The van der Waals surface area contributed by atoms with Gasteiger partial charge in [0.05, 0.1) is 19.2 Å². The van der Waals surface area contributed by atoms with Gasteiger partial charge in [0.2, 0.25) is 0 Å². The van der Waals surface area contributed by atoms with Gasteiger partial charge in [0.15, 0.2) is 0 Å². The monoisotopic (exact) mass is 365 g/mol. The third kappa shape index (κ3) is 3.68. The zero-order valence-corrected chi connectivity index (χ0v) is 14.9. The highest BCUT2D eigenvalue weighted by atomic mass is 16.5. The first-order valence-corrected chi connectivity index (χ1v) is 8.63. The van der Waals surface area contributed by atoms with Crippen LogP contribution in [0.15, 0.2) is 54.9 Å². The highest BCUT2D eigenvalue weighted by Crippen LogP contribution is 2.24. The minimum Gasteiger partial charge on any atom is -0.497 e. The summed E-state index contributed by atoms with van der Waals surface area (Å²) in [6.07, 6.45) is 3.04. The van der Waals surface area contributed by atoms with Crippen molar-refractivity contribution < 1.29 is 19.0 Å². The van der Waals surface area contributed by atoms with E-state index in [0.29, 0.717) is 24.4 Å². The molecule has 0 spiro atoms. The van der Waals surface area contributed by atoms with Gasteiger partial charge in [0, 0.05) is 18.1 Å². The van der Waals surface area contributed by atoms with Crippen LogP contribution in [0.2, 0.25) is 0 Å². The third-order valence-corrected chi connectivity index (χ3v) is 4.40. The van der Waals surface area contributed by atoms with Crippen molar-refractivity contribution in [2.45, 2.75) is 6.10 Å². The number of nitrogens with zero attached hydrogens (tertiary/aromatic N) is 3. The molecule has 27 heavy (non-hydrogen) atoms. The maximum absolute atomic E-state index is 12.3. The molecular weight excluding hydrogens is 346 g/mol. The summed E-state index contributed by atoms with van der Waals surface area (Å²) in [7, 11) is 1.61. The summed E-state index contributed by atoms with van der Waals surface area (Å²) in [5, 5.41) is 0. The lowest BCUT2D eigenvalue weighted by molar-refractivity contribution is -0.130. The first-order valence-electron chi connectivity index (χ1n) is 8.63. The number of carbonyl (C=O) groups excluding carboxylic acids is 1. The van der Waals surface area contributed by atoms with Crippen molar-refractivity contribution in [1.29, 1.82) is 0 Å². The summed E-state index contributed by atoms with van der Waals surface area (Å²) in [5.41, 5.74) is 2.29. The lowest BCUT2D eigenvalue weighted by Gasteiger charge is -2.32. The number of fused-ring (bicyclic) bond motifs is 1. The van der Waals surface area contributed by atoms with E-state index in [0.717, 1.165) is 17.0 Å². The molecule has 1 saturated heterocycles. The first kappa shape index (κ1) is 17.2. The van der Waals surface area contributed by atoms with Crippen molar-refractivity contribution in [2.75, 3.05) is 31.8 Å². The number of hydrogen-bond acceptors (Lipinski definition) is 6. The van der Waals surface area contributed by atoms with Gasteiger partial charge in [-0.2, -0.15) is 0 Å². The van der Waals surface area contributed by atoms with Crippen molar-refractivity contribution >= 4 is 22.6 Å². The highest BCUT2D eigenvalue weighted by molar-refractivity contribution is 5.95. The smallest absolute Gasteiger partial charge is 0.253 e. The predicted molar refractivity (Wildman–Crippen MR) is 100 cm³/mol. The number of hydrogen-bond donors (Lipinski definition) is 0. The minimum atomic E-state index is -0.239. The Morgan fingerprint density at radius 2 is 1.96 bits per heavy atom. The fraction of sp³-hybridized carbons (Fsp3) is 0.250. The van der Waals surface area contributed by atoms with Gasteiger partial charge in [0.1, 0.15) is 36.3 Å². The van der Waals surface area contributed by atoms with Crippen LogP contribution < -0.4 is 14.4 Å². The lowest BCUT2D eigenvalue weighted by Crippen LogP contribution is -2.48. The number of amides is 1. The van der Waals surface area contributed by atoms with Crippen molar-refractivity contribution in [2.24, 2.45) is 0 Å². The molecule has 3 aromatic rings. The van der Waals surface area contributed by atoms with E-state index in [1.54, 1.807) is 24.4 Å². The summed E-state index contributed by atoms with van der Waals surface area (Å²) in [4.78, 5) is 22.6. The second-order valence-corrected chi connectivity index (χ2v) is 6.13. The fourth-order valence-electron chi connectivity index (χ4n) is 3.00. The van der Waals surface area contributed by atoms with Gasteiger partial charge in [0.25, 0.3) is 5.91 Å². The van der Waals surface area contributed by atoms with E-state index >= 15 is 0 Å². The fourth-order valence-corrected chi connectivity index (χ4v) is 3.00. The molecule has 0 saturated carbocycles. The van der Waals surface area contributed by atoms with E-state index in [9.17, 15) is 4.79 Å². The number of benzene rings is 2. The highest BCUT2D eigenvalue weighted by Gasteiger charge is 2.28. The molecule has 1 aromatic heterocycles. The average molecular weight is 365 g/mol. The molecule has 7 heteroatoms. The van der Waals surface area contributed by atoms with Gasteiger partial charge in [-0.05, 0) is 36.4 Å². The largest absolute Gasteiger partial charge is 0.497 e. The van der Waals surface area contributed by atoms with Crippen molar-refractivity contribution in [3.8, 4) is 11.5 Å². The van der Waals surface area contributed by atoms with Crippen LogP contribution in [-0.4, -0.2) is 48.8 Å². The third-order valence-electron chi connectivity index (χ3n) is 4.40. The summed E-state index contributed by atoms with van der Waals surface area (Å²) in [5.74, 6) is 1.32. The topological polar surface area (TPSA) is 73.8 Å². The van der Waals surface area contributed by atoms with Crippen LogP contribution in [0, 0.1) is 0 Å². The van der Waals surface area contributed by atoms with Gasteiger partial charge in [-0.1, -0.05) is 6.07 Å². The number of rotatable bonds is 5. The molecule has 0 N–H and O–H groups in total. The zero-order chi connectivity index (χ0) is 18.6. The first-order chi connectivity index (χ1) is 13.2. The molecule has 0 radical (unpaired) electrons. The number of para-hydroxylation sites is 1. The molecule has 0 aliphatic carbocycles. The number of aromatic nitrogens is 2. The molecule has 0 bridgehead atoms. The number of methoxy groups -OCH3 is 1. The van der Waals surface area contributed by atoms with E-state index < -0.39 is 0 Å². The Hall–Kier alpha value is -3.19. The summed E-state index contributed by atoms with van der Waals surface area (Å²) in [6, 6.07) is 13.0. The SMILES string of the molecule is COc1ccc(N2CC(COc3cccc4nccnc34)OCC2=O)cc1. The van der Waals surface area contributed by atoms with E-state index in [1.807, 2.05) is 42.5 Å². The quantitative estimate of drug-likeness (QED) is 0.691. The Kier molecular flexibility index (Phi) is 4.84. The average Bonchev–Trinajstić information content (AvgIpc) is 2.73. The van der Waals surface area contributed by atoms with Crippen LogP contribution in [0.1, 0.15) is 0 Å². The van der Waals surface area contributed by atoms with Crippen LogP contribution in [-0.2, 0) is 9.53 Å². The lowest BCUT2D eigenvalue weighted by atomic mass is 10.2. The molecule has 1 fully saturated rings. The van der Waals surface area contributed by atoms with Crippen LogP contribution in [0.4, 0.5) is 5.69 Å². The van der Waals surface area contributed by atoms with Gasteiger partial charge in [-0.25, -0.2) is 4.98 Å². The second-order valence-electron chi connectivity index (χ2n) is 6.13. The number of ether oxygens (including phenoxy) is 3. The second kappa shape index (κ2) is 7.59. The standard InChI is InChI=1S/C20H19N3O4/c1-25-15-7-5-14(6-8-15)23-11-16(26-13-19(23)24)12-27-18-4-2-3-17-20(18)22-10-9-21-17/h2-10,16H,11-13H2,1H3. The van der Waals surface area contributed by atoms with Crippen molar-refractivity contribution in [1.82, 2.24) is 9.97 Å². The van der Waals surface area contributed by atoms with E-state index in [1.165, 1.54) is 0 Å². The normalized spacial score (nSPS) is 17.1. The maximum Gasteiger partial charge on any atom is 0.253 e. The molecule has 2 aromatic carbocycles. The molecule has 1 amide bonds. The van der Waals surface area contributed by atoms with Gasteiger partial charge in [-0.15, -0.1) is 0 Å². The Bertz CT molecular complexity index is 940. The minimum absolute atomic E-state index is 0.0232. The molecule has 1 aliphatic rings. The van der Waals surface area contributed by atoms with E-state index in [-0.39, 0.29) is 18.6 Å². The van der Waals surface area contributed by atoms with Gasteiger partial charge >= 0.3 is 0 Å². The Labute approximate surface area is 156 Å². The Balaban J connectivity index is 1.45. The van der Waals surface area contributed by atoms with E-state index in [2.05, 4.69) is 9.97 Å². The van der Waals surface area contributed by atoms with Crippen LogP contribution >= 0.6 is 0 Å². The predicted octanol–water partition coefficient (Wildman–Crippen LogP) is 2.45. The molecule has 2 heterocycles. The Morgan fingerprint density at radius 3 is 2.78 bits per heavy atom. The number of anilines is 1. The van der Waals surface area contributed by atoms with Crippen LogP contribution in [0.25, 0.3) is 11.0 Å². The molecular formula is C20H19N3O4. The summed E-state index contributed by atoms with van der Waals surface area (Å²) in [6.45, 7) is 0.757. The number of morpholine rings is 1. The molecule has 7 nitrogen and oxygen atoms in total. The zero-order valence-electron chi connectivity index (χ0n) is 14.9. The van der Waals surface area contributed by atoms with Crippen molar-refractivity contribution in [3.63, 3.8) is 0 Å². The summed E-state index contributed by atoms with van der Waals surface area (Å²) < 4.78 is 16.7. The van der Waals surface area contributed by atoms with Crippen LogP contribution in [0.5, 0.6) is 11.5 Å². The van der Waals surface area contributed by atoms with Crippen molar-refractivity contribution in [3.05, 3.63) is 54.9 Å². The van der Waals surface area contributed by atoms with Crippen LogP contribution in [0.3, 0.4) is 0 Å². The summed E-state index contributed by atoms with van der Waals surface area (Å²) >= 11 is 0.